The van der Waals surface area contributed by atoms with Gasteiger partial charge in [-0.3, -0.25) is 28.8 Å². The van der Waals surface area contributed by atoms with Crippen molar-refractivity contribution in [3.8, 4) is 27.8 Å². The zero-order valence-electron chi connectivity index (χ0n) is 28.3. The smallest absolute Gasteiger partial charge is 0.242 e. The number of carbonyl (C=O) groups excluding carboxylic acids is 4. The normalized spacial score (nSPS) is 27.5. The van der Waals surface area contributed by atoms with Crippen molar-refractivity contribution in [1.82, 2.24) is 14.7 Å². The molecule has 13 heteroatoms. The molecule has 6 atom stereocenters. The molecule has 4 aliphatic rings. The van der Waals surface area contributed by atoms with Crippen LogP contribution in [0.2, 0.25) is 5.02 Å². The highest BCUT2D eigenvalue weighted by atomic mass is 35.5. The fraction of sp³-hybridized carbons (Fsp3) is 0.378. The number of imide groups is 2. The summed E-state index contributed by atoms with van der Waals surface area (Å²) in [4.78, 5) is 59.9. The maximum absolute atomic E-state index is 15.0. The fourth-order valence-electron chi connectivity index (χ4n) is 9.07. The highest BCUT2D eigenvalue weighted by molar-refractivity contribution is 7.22. The van der Waals surface area contributed by atoms with E-state index in [-0.39, 0.29) is 41.4 Å². The first-order chi connectivity index (χ1) is 23.8. The van der Waals surface area contributed by atoms with E-state index < -0.39 is 40.9 Å². The fourth-order valence-corrected chi connectivity index (χ4v) is 10.4. The van der Waals surface area contributed by atoms with E-state index in [2.05, 4.69) is 0 Å². The summed E-state index contributed by atoms with van der Waals surface area (Å²) in [7, 11) is 6.06. The van der Waals surface area contributed by atoms with E-state index in [4.69, 9.17) is 26.2 Å². The van der Waals surface area contributed by atoms with Crippen molar-refractivity contribution in [2.24, 2.45) is 36.1 Å². The summed E-state index contributed by atoms with van der Waals surface area (Å²) in [6.07, 6.45) is 2.54. The topological polar surface area (TPSA) is 131 Å². The molecule has 0 radical (unpaired) electrons. The Balaban J connectivity index is 1.28. The van der Waals surface area contributed by atoms with Crippen LogP contribution in [0.4, 0.5) is 5.82 Å². The number of aryl methyl sites for hydroxylation is 2. The van der Waals surface area contributed by atoms with Gasteiger partial charge in [0.25, 0.3) is 0 Å². The standard InChI is InChI=1S/C37H35ClN4O7S/c1-16-21-13-18(38)7-10-27(21)50-32(16)24-15-28(41(4)39-24)42-34(45)23-14-22-19(8-9-20-29(22)35(46)40(3)33(20)44)30(37(23,2)36(42)47)17-11-25(48-5)31(43)26(12-17)49-6/h7-8,10-13,15,20,22-23,29-30,43H,9,14H2,1-6H3. The number of hydrogen-bond donors (Lipinski definition) is 1. The molecule has 4 heterocycles. The van der Waals surface area contributed by atoms with Crippen LogP contribution in [0.25, 0.3) is 20.7 Å². The highest BCUT2D eigenvalue weighted by Gasteiger charge is 2.67. The number of methoxy groups -OCH3 is 2. The number of benzene rings is 2. The maximum Gasteiger partial charge on any atom is 0.242 e. The summed E-state index contributed by atoms with van der Waals surface area (Å²) < 4.78 is 13.6. The predicted molar refractivity (Wildman–Crippen MR) is 187 cm³/mol. The molecule has 0 spiro atoms. The van der Waals surface area contributed by atoms with Gasteiger partial charge in [0.2, 0.25) is 29.4 Å². The van der Waals surface area contributed by atoms with Crippen LogP contribution >= 0.6 is 22.9 Å². The van der Waals surface area contributed by atoms with Gasteiger partial charge in [-0.1, -0.05) is 23.3 Å². The molecule has 2 aromatic carbocycles. The largest absolute Gasteiger partial charge is 0.502 e. The van der Waals surface area contributed by atoms with Crippen LogP contribution < -0.4 is 14.4 Å². The Labute approximate surface area is 297 Å². The van der Waals surface area contributed by atoms with Gasteiger partial charge in [0.1, 0.15) is 11.5 Å². The number of rotatable bonds is 5. The molecular weight excluding hydrogens is 680 g/mol. The first kappa shape index (κ1) is 32.5. The molecule has 6 unspecified atom stereocenters. The number of amides is 4. The van der Waals surface area contributed by atoms with Crippen LogP contribution in [0.5, 0.6) is 17.2 Å². The molecule has 2 aliphatic carbocycles. The monoisotopic (exact) mass is 714 g/mol. The van der Waals surface area contributed by atoms with Crippen molar-refractivity contribution in [2.45, 2.75) is 32.6 Å². The first-order valence-electron chi connectivity index (χ1n) is 16.4. The lowest BCUT2D eigenvalue weighted by atomic mass is 9.51. The van der Waals surface area contributed by atoms with Crippen LogP contribution in [-0.2, 0) is 26.2 Å². The second-order valence-electron chi connectivity index (χ2n) is 13.9. The van der Waals surface area contributed by atoms with Crippen LogP contribution in [0.1, 0.15) is 36.8 Å². The van der Waals surface area contributed by atoms with E-state index in [0.717, 1.165) is 26.1 Å². The Hall–Kier alpha value is -4.68. The molecule has 1 N–H and O–H groups in total. The number of aromatic nitrogens is 2. The molecule has 3 fully saturated rings. The Morgan fingerprint density at radius 2 is 1.68 bits per heavy atom. The number of ether oxygens (including phenoxy) is 2. The van der Waals surface area contributed by atoms with Crippen molar-refractivity contribution >= 4 is 62.5 Å². The molecule has 4 amide bonds. The van der Waals surface area contributed by atoms with Crippen LogP contribution in [0.3, 0.4) is 0 Å². The summed E-state index contributed by atoms with van der Waals surface area (Å²) in [6, 6.07) is 10.8. The van der Waals surface area contributed by atoms with E-state index in [1.807, 2.05) is 38.1 Å². The molecule has 258 valence electrons. The molecule has 2 aromatic heterocycles. The summed E-state index contributed by atoms with van der Waals surface area (Å²) in [5, 5.41) is 17.2. The molecule has 2 saturated heterocycles. The van der Waals surface area contributed by atoms with Crippen molar-refractivity contribution in [2.75, 3.05) is 26.2 Å². The van der Waals surface area contributed by atoms with Gasteiger partial charge in [-0.15, -0.1) is 11.3 Å². The van der Waals surface area contributed by atoms with Gasteiger partial charge >= 0.3 is 0 Å². The second kappa shape index (κ2) is 11.2. The molecule has 0 bridgehead atoms. The number of carbonyl (C=O) groups is 4. The number of thiophene rings is 1. The zero-order valence-corrected chi connectivity index (χ0v) is 29.9. The van der Waals surface area contributed by atoms with E-state index in [1.54, 1.807) is 41.3 Å². The summed E-state index contributed by atoms with van der Waals surface area (Å²) >= 11 is 7.86. The van der Waals surface area contributed by atoms with Crippen molar-refractivity contribution in [3.63, 3.8) is 0 Å². The number of likely N-dealkylation sites (tertiary alicyclic amines) is 1. The highest BCUT2D eigenvalue weighted by Crippen LogP contribution is 2.64. The Kier molecular flexibility index (Phi) is 7.26. The third-order valence-corrected chi connectivity index (χ3v) is 13.1. The Morgan fingerprint density at radius 3 is 2.36 bits per heavy atom. The summed E-state index contributed by atoms with van der Waals surface area (Å²) in [5.74, 6) is -4.03. The van der Waals surface area contributed by atoms with E-state index >= 15 is 4.79 Å². The van der Waals surface area contributed by atoms with Crippen LogP contribution in [0, 0.1) is 36.0 Å². The maximum atomic E-state index is 15.0. The van der Waals surface area contributed by atoms with E-state index in [0.29, 0.717) is 28.5 Å². The third kappa shape index (κ3) is 4.24. The number of nitrogens with zero attached hydrogens (tertiary/aromatic N) is 4. The number of phenols is 1. The summed E-state index contributed by atoms with van der Waals surface area (Å²) in [5.41, 5.74) is 1.74. The lowest BCUT2D eigenvalue weighted by molar-refractivity contribution is -0.138. The van der Waals surface area contributed by atoms with Crippen molar-refractivity contribution in [1.29, 1.82) is 0 Å². The van der Waals surface area contributed by atoms with Gasteiger partial charge in [0.15, 0.2) is 11.5 Å². The van der Waals surface area contributed by atoms with E-state index in [1.165, 1.54) is 31.1 Å². The average molecular weight is 715 g/mol. The van der Waals surface area contributed by atoms with Crippen LogP contribution in [-0.4, -0.2) is 64.7 Å². The van der Waals surface area contributed by atoms with Gasteiger partial charge in [0.05, 0.1) is 42.3 Å². The van der Waals surface area contributed by atoms with Gasteiger partial charge in [-0.25, -0.2) is 4.90 Å². The SMILES string of the molecule is COc1cc(C2C3=CCC4C(=O)N(C)C(=O)C4C3CC3C(=O)N(c4cc(-c5sc6ccc(Cl)cc6c5C)nn4C)C(=O)C32C)cc(OC)c1O. The minimum atomic E-state index is -1.30. The number of allylic oxidation sites excluding steroid dienone is 2. The molecule has 1 saturated carbocycles. The van der Waals surface area contributed by atoms with Crippen molar-refractivity contribution < 1.29 is 33.8 Å². The van der Waals surface area contributed by atoms with Gasteiger partial charge in [-0.2, -0.15) is 5.10 Å². The second-order valence-corrected chi connectivity index (χ2v) is 15.4. The molecular formula is C37H35ClN4O7S. The zero-order chi connectivity index (χ0) is 35.5. The Morgan fingerprint density at radius 1 is 0.980 bits per heavy atom. The minimum Gasteiger partial charge on any atom is -0.502 e. The summed E-state index contributed by atoms with van der Waals surface area (Å²) in [6.45, 7) is 3.81. The van der Waals surface area contributed by atoms with Gasteiger partial charge < -0.3 is 14.6 Å². The van der Waals surface area contributed by atoms with Gasteiger partial charge in [0, 0.05) is 35.8 Å². The number of fused-ring (bicyclic) bond motifs is 5. The quantitative estimate of drug-likeness (QED) is 0.201. The lowest BCUT2D eigenvalue weighted by Crippen LogP contribution is -2.48. The Bertz CT molecular complexity index is 2200. The molecule has 11 nitrogen and oxygen atoms in total. The predicted octanol–water partition coefficient (Wildman–Crippen LogP) is 5.85. The van der Waals surface area contributed by atoms with Crippen molar-refractivity contribution in [3.05, 3.63) is 64.2 Å². The molecule has 4 aromatic rings. The third-order valence-electron chi connectivity index (χ3n) is 11.5. The van der Waals surface area contributed by atoms with Gasteiger partial charge in [-0.05, 0) is 79.5 Å². The van der Waals surface area contributed by atoms with Crippen LogP contribution in [0.15, 0.2) is 48.0 Å². The number of hydrogen-bond acceptors (Lipinski definition) is 9. The molecule has 2 aliphatic heterocycles. The van der Waals surface area contributed by atoms with E-state index in [9.17, 15) is 19.5 Å². The number of aromatic hydroxyl groups is 1. The average Bonchev–Trinajstić information content (AvgIpc) is 3.76. The number of anilines is 1. The first-order valence-corrected chi connectivity index (χ1v) is 17.6. The minimum absolute atomic E-state index is 0.146. The number of phenolic OH excluding ortho intramolecular Hbond substituents is 1. The lowest BCUT2D eigenvalue weighted by Gasteiger charge is -2.49. The number of halogens is 1. The molecule has 8 rings (SSSR count). The molecule has 50 heavy (non-hydrogen) atoms.